The van der Waals surface area contributed by atoms with Crippen LogP contribution in [0.2, 0.25) is 0 Å². The fourth-order valence-electron chi connectivity index (χ4n) is 3.42. The maximum absolute atomic E-state index is 12.9. The molecule has 0 spiro atoms. The normalized spacial score (nSPS) is 16.7. The van der Waals surface area contributed by atoms with E-state index in [9.17, 15) is 9.59 Å². The second-order valence-corrected chi connectivity index (χ2v) is 8.58. The number of likely N-dealkylation sites (tertiary alicyclic amines) is 1. The molecule has 1 aliphatic rings. The first-order valence-electron chi connectivity index (χ1n) is 10.1. The van der Waals surface area contributed by atoms with Crippen LogP contribution in [0.4, 0.5) is 0 Å². The molecule has 29 heavy (non-hydrogen) atoms. The largest absolute Gasteiger partial charge is 0.497 e. The van der Waals surface area contributed by atoms with Gasteiger partial charge in [-0.3, -0.25) is 9.59 Å². The van der Waals surface area contributed by atoms with Crippen LogP contribution in [0.15, 0.2) is 29.6 Å². The third-order valence-corrected chi connectivity index (χ3v) is 6.23. The molecule has 2 amide bonds. The Hall–Kier alpha value is -2.41. The molecule has 1 N–H and O–H groups in total. The third kappa shape index (κ3) is 5.56. The van der Waals surface area contributed by atoms with Gasteiger partial charge in [0.1, 0.15) is 5.75 Å². The van der Waals surface area contributed by atoms with Crippen molar-refractivity contribution in [2.24, 2.45) is 5.92 Å². The summed E-state index contributed by atoms with van der Waals surface area (Å²) in [5.41, 5.74) is 1.69. The van der Waals surface area contributed by atoms with Crippen LogP contribution in [0, 0.1) is 5.92 Å². The summed E-state index contributed by atoms with van der Waals surface area (Å²) in [4.78, 5) is 31.2. The molecule has 1 fully saturated rings. The predicted molar refractivity (Wildman–Crippen MR) is 115 cm³/mol. The summed E-state index contributed by atoms with van der Waals surface area (Å²) >= 11 is 1.66. The Bertz CT molecular complexity index is 832. The monoisotopic (exact) mass is 415 g/mol. The van der Waals surface area contributed by atoms with E-state index in [0.29, 0.717) is 18.7 Å². The van der Waals surface area contributed by atoms with E-state index in [4.69, 9.17) is 9.72 Å². The molecular formula is C22H29N3O3S. The highest BCUT2D eigenvalue weighted by atomic mass is 32.1. The van der Waals surface area contributed by atoms with Gasteiger partial charge >= 0.3 is 0 Å². The zero-order valence-corrected chi connectivity index (χ0v) is 18.1. The van der Waals surface area contributed by atoms with Crippen molar-refractivity contribution in [3.05, 3.63) is 45.9 Å². The number of methoxy groups -OCH3 is 1. The highest BCUT2D eigenvalue weighted by Crippen LogP contribution is 2.30. The minimum absolute atomic E-state index is 0.00236. The van der Waals surface area contributed by atoms with E-state index in [1.807, 2.05) is 43.0 Å². The highest BCUT2D eigenvalue weighted by molar-refractivity contribution is 7.09. The van der Waals surface area contributed by atoms with Crippen LogP contribution in [0.5, 0.6) is 5.75 Å². The number of ether oxygens (including phenoxy) is 1. The molecule has 2 aromatic rings. The summed E-state index contributed by atoms with van der Waals surface area (Å²) in [6.45, 7) is 5.85. The molecule has 0 radical (unpaired) electrons. The summed E-state index contributed by atoms with van der Waals surface area (Å²) < 4.78 is 5.17. The standard InChI is InChI=1S/C22H29N3O3S/c1-15(2)20(26)23-11-10-18-14-29-21(24-18)17-5-4-12-25(13-17)22(27)16-6-8-19(28-3)9-7-16/h6-9,14-15,17H,4-5,10-13H2,1-3H3,(H,23,26)/t17-/m0/s1. The van der Waals surface area contributed by atoms with Gasteiger partial charge < -0.3 is 15.0 Å². The maximum Gasteiger partial charge on any atom is 0.253 e. The fraction of sp³-hybridized carbons (Fsp3) is 0.500. The molecule has 1 aliphatic heterocycles. The van der Waals surface area contributed by atoms with Crippen molar-refractivity contribution in [2.45, 2.75) is 39.0 Å². The number of carbonyl (C=O) groups is 2. The molecule has 1 saturated heterocycles. The second kappa shape index (κ2) is 9.87. The van der Waals surface area contributed by atoms with Gasteiger partial charge in [-0.05, 0) is 37.1 Å². The molecule has 1 aromatic heterocycles. The van der Waals surface area contributed by atoms with Gasteiger partial charge in [-0.2, -0.15) is 0 Å². The molecule has 1 aromatic carbocycles. The van der Waals surface area contributed by atoms with Crippen LogP contribution in [-0.4, -0.2) is 48.4 Å². The van der Waals surface area contributed by atoms with E-state index in [0.717, 1.165) is 42.3 Å². The zero-order valence-electron chi connectivity index (χ0n) is 17.3. The Morgan fingerprint density at radius 1 is 1.31 bits per heavy atom. The lowest BCUT2D eigenvalue weighted by Gasteiger charge is -2.32. The molecule has 6 nitrogen and oxygen atoms in total. The average Bonchev–Trinajstić information content (AvgIpc) is 3.22. The number of rotatable bonds is 7. The van der Waals surface area contributed by atoms with Gasteiger partial charge in [0.2, 0.25) is 5.91 Å². The molecule has 3 rings (SSSR count). The van der Waals surface area contributed by atoms with Crippen LogP contribution in [-0.2, 0) is 11.2 Å². The average molecular weight is 416 g/mol. The minimum Gasteiger partial charge on any atom is -0.497 e. The summed E-state index contributed by atoms with van der Waals surface area (Å²) in [5, 5.41) is 6.09. The van der Waals surface area contributed by atoms with Gasteiger partial charge in [-0.1, -0.05) is 13.8 Å². The smallest absolute Gasteiger partial charge is 0.253 e. The fourth-order valence-corrected chi connectivity index (χ4v) is 4.40. The Labute approximate surface area is 176 Å². The number of carbonyl (C=O) groups excluding carboxylic acids is 2. The van der Waals surface area contributed by atoms with E-state index in [1.165, 1.54) is 0 Å². The molecule has 0 aliphatic carbocycles. The predicted octanol–water partition coefficient (Wildman–Crippen LogP) is 3.49. The number of piperidine rings is 1. The van der Waals surface area contributed by atoms with Gasteiger partial charge in [-0.25, -0.2) is 4.98 Å². The van der Waals surface area contributed by atoms with E-state index in [1.54, 1.807) is 18.4 Å². The number of nitrogens with one attached hydrogen (secondary N) is 1. The van der Waals surface area contributed by atoms with E-state index in [2.05, 4.69) is 10.7 Å². The van der Waals surface area contributed by atoms with Crippen molar-refractivity contribution in [3.63, 3.8) is 0 Å². The van der Waals surface area contributed by atoms with Gasteiger partial charge in [0.25, 0.3) is 5.91 Å². The van der Waals surface area contributed by atoms with Crippen molar-refractivity contribution in [2.75, 3.05) is 26.7 Å². The number of hydrogen-bond donors (Lipinski definition) is 1. The summed E-state index contributed by atoms with van der Waals surface area (Å²) in [6, 6.07) is 7.27. The van der Waals surface area contributed by atoms with Crippen LogP contribution < -0.4 is 10.1 Å². The van der Waals surface area contributed by atoms with Crippen molar-refractivity contribution in [1.82, 2.24) is 15.2 Å². The van der Waals surface area contributed by atoms with Crippen molar-refractivity contribution >= 4 is 23.2 Å². The Balaban J connectivity index is 1.57. The SMILES string of the molecule is COc1ccc(C(=O)N2CCC[C@H](c3nc(CCNC(=O)C(C)C)cs3)C2)cc1. The number of hydrogen-bond acceptors (Lipinski definition) is 5. The molecule has 1 atom stereocenters. The third-order valence-electron chi connectivity index (χ3n) is 5.17. The molecule has 7 heteroatoms. The molecule has 0 saturated carbocycles. The van der Waals surface area contributed by atoms with Crippen LogP contribution >= 0.6 is 11.3 Å². The first-order chi connectivity index (χ1) is 14.0. The van der Waals surface area contributed by atoms with E-state index >= 15 is 0 Å². The van der Waals surface area contributed by atoms with Crippen LogP contribution in [0.3, 0.4) is 0 Å². The second-order valence-electron chi connectivity index (χ2n) is 7.69. The van der Waals surface area contributed by atoms with Gasteiger partial charge in [0, 0.05) is 48.8 Å². The highest BCUT2D eigenvalue weighted by Gasteiger charge is 2.27. The van der Waals surface area contributed by atoms with E-state index in [-0.39, 0.29) is 23.7 Å². The molecule has 0 unspecified atom stereocenters. The molecule has 2 heterocycles. The first kappa shape index (κ1) is 21.3. The van der Waals surface area contributed by atoms with Gasteiger partial charge in [0.05, 0.1) is 17.8 Å². The lowest BCUT2D eigenvalue weighted by atomic mass is 9.98. The van der Waals surface area contributed by atoms with E-state index < -0.39 is 0 Å². The lowest BCUT2D eigenvalue weighted by molar-refractivity contribution is -0.123. The van der Waals surface area contributed by atoms with Crippen molar-refractivity contribution in [3.8, 4) is 5.75 Å². The number of nitrogens with zero attached hydrogens (tertiary/aromatic N) is 2. The number of aromatic nitrogens is 1. The Morgan fingerprint density at radius 3 is 2.76 bits per heavy atom. The summed E-state index contributed by atoms with van der Waals surface area (Å²) in [6.07, 6.45) is 2.76. The van der Waals surface area contributed by atoms with Gasteiger partial charge in [0.15, 0.2) is 0 Å². The summed E-state index contributed by atoms with van der Waals surface area (Å²) in [7, 11) is 1.62. The topological polar surface area (TPSA) is 71.5 Å². The maximum atomic E-state index is 12.9. The number of amides is 2. The quantitative estimate of drug-likeness (QED) is 0.751. The number of thiazole rings is 1. The number of benzene rings is 1. The Morgan fingerprint density at radius 2 is 2.07 bits per heavy atom. The molecule has 156 valence electrons. The zero-order chi connectivity index (χ0) is 20.8. The minimum atomic E-state index is -0.00236. The van der Waals surface area contributed by atoms with Crippen LogP contribution in [0.25, 0.3) is 0 Å². The molecule has 0 bridgehead atoms. The van der Waals surface area contributed by atoms with Gasteiger partial charge in [-0.15, -0.1) is 11.3 Å². The first-order valence-corrected chi connectivity index (χ1v) is 11.0. The lowest BCUT2D eigenvalue weighted by Crippen LogP contribution is -2.39. The Kier molecular flexibility index (Phi) is 7.25. The van der Waals surface area contributed by atoms with Crippen molar-refractivity contribution < 1.29 is 14.3 Å². The van der Waals surface area contributed by atoms with Crippen LogP contribution in [0.1, 0.15) is 53.7 Å². The molecular weight excluding hydrogens is 386 g/mol. The summed E-state index contributed by atoms with van der Waals surface area (Å²) in [5.74, 6) is 1.15. The van der Waals surface area contributed by atoms with Crippen molar-refractivity contribution in [1.29, 1.82) is 0 Å².